The van der Waals surface area contributed by atoms with Crippen LogP contribution in [0.25, 0.3) is 0 Å². The molecule has 1 amide bonds. The maximum absolute atomic E-state index is 12.5. The summed E-state index contributed by atoms with van der Waals surface area (Å²) in [6.07, 6.45) is 1.32. The van der Waals surface area contributed by atoms with E-state index in [4.69, 9.17) is 9.31 Å². The molecule has 3 rings (SSSR count). The van der Waals surface area contributed by atoms with Crippen molar-refractivity contribution in [3.63, 3.8) is 0 Å². The van der Waals surface area contributed by atoms with E-state index in [2.05, 4.69) is 4.72 Å². The third-order valence-electron chi connectivity index (χ3n) is 5.36. The van der Waals surface area contributed by atoms with Gasteiger partial charge < -0.3 is 14.2 Å². The molecule has 1 aliphatic carbocycles. The first kappa shape index (κ1) is 20.2. The summed E-state index contributed by atoms with van der Waals surface area (Å²) in [6, 6.07) is 4.92. The molecule has 0 unspecified atom stereocenters. The lowest BCUT2D eigenvalue weighted by Gasteiger charge is -2.32. The molecule has 1 aromatic rings. The van der Waals surface area contributed by atoms with Crippen LogP contribution in [-0.2, 0) is 19.3 Å². The fourth-order valence-electron chi connectivity index (χ4n) is 2.83. The summed E-state index contributed by atoms with van der Waals surface area (Å²) in [6.45, 7) is 7.77. The number of carbonyl (C=O) groups is 1. The second-order valence-corrected chi connectivity index (χ2v) is 10.4. The Kier molecular flexibility index (Phi) is 4.85. The van der Waals surface area contributed by atoms with Crippen molar-refractivity contribution in [2.45, 2.75) is 57.0 Å². The first-order valence-electron chi connectivity index (χ1n) is 9.06. The Morgan fingerprint density at radius 2 is 1.67 bits per heavy atom. The minimum atomic E-state index is -3.45. The highest BCUT2D eigenvalue weighted by Gasteiger charge is 2.52. The fourth-order valence-corrected chi connectivity index (χ4v) is 4.20. The zero-order valence-corrected chi connectivity index (χ0v) is 17.5. The molecule has 7 nitrogen and oxygen atoms in total. The molecule has 1 heterocycles. The molecule has 2 fully saturated rings. The number of carbonyl (C=O) groups excluding carboxylic acids is 1. The highest BCUT2D eigenvalue weighted by Crippen LogP contribution is 2.37. The first-order valence-corrected chi connectivity index (χ1v) is 10.6. The summed E-state index contributed by atoms with van der Waals surface area (Å²) < 4.78 is 39.4. The molecule has 9 heteroatoms. The largest absolute Gasteiger partial charge is 0.494 e. The van der Waals surface area contributed by atoms with E-state index >= 15 is 0 Å². The van der Waals surface area contributed by atoms with E-state index in [1.54, 1.807) is 32.3 Å². The normalized spacial score (nSPS) is 21.2. The van der Waals surface area contributed by atoms with E-state index in [0.29, 0.717) is 29.6 Å². The van der Waals surface area contributed by atoms with Gasteiger partial charge in [-0.3, -0.25) is 9.52 Å². The van der Waals surface area contributed by atoms with Gasteiger partial charge in [-0.2, -0.15) is 0 Å². The first-order chi connectivity index (χ1) is 12.3. The molecule has 1 aliphatic heterocycles. The van der Waals surface area contributed by atoms with Crippen molar-refractivity contribution in [3.05, 3.63) is 23.8 Å². The number of sulfonamides is 1. The maximum atomic E-state index is 12.5. The predicted octanol–water partition coefficient (Wildman–Crippen LogP) is 1.59. The average molecular weight is 394 g/mol. The Balaban J connectivity index is 1.99. The molecule has 148 valence electrons. The van der Waals surface area contributed by atoms with Gasteiger partial charge in [-0.15, -0.1) is 0 Å². The van der Waals surface area contributed by atoms with Gasteiger partial charge in [0.25, 0.3) is 5.91 Å². The number of nitrogens with zero attached hydrogens (tertiary/aromatic N) is 1. The van der Waals surface area contributed by atoms with Crippen LogP contribution in [0.2, 0.25) is 0 Å². The van der Waals surface area contributed by atoms with Crippen molar-refractivity contribution in [2.24, 2.45) is 0 Å². The predicted molar refractivity (Wildman–Crippen MR) is 106 cm³/mol. The Morgan fingerprint density at radius 1 is 1.11 bits per heavy atom. The standard InChI is InChI=1S/C18H27BN2O5S/c1-17(2)18(3,4)26-19(25-17)13-9-12(16(22)21(5)6)10-14(11-13)20-27(23,24)15-7-8-15/h9-11,15,20H,7-8H2,1-6H3. The summed E-state index contributed by atoms with van der Waals surface area (Å²) in [5.41, 5.74) is 0.259. The van der Waals surface area contributed by atoms with Crippen LogP contribution in [0.15, 0.2) is 18.2 Å². The van der Waals surface area contributed by atoms with Crippen LogP contribution in [-0.4, -0.2) is 56.9 Å². The van der Waals surface area contributed by atoms with E-state index in [1.807, 2.05) is 27.7 Å². The highest BCUT2D eigenvalue weighted by atomic mass is 32.2. The minimum absolute atomic E-state index is 0.222. The SMILES string of the molecule is CN(C)C(=O)c1cc(NS(=O)(=O)C2CC2)cc(B2OC(C)(C)C(C)(C)O2)c1. The van der Waals surface area contributed by atoms with Gasteiger partial charge >= 0.3 is 7.12 Å². The maximum Gasteiger partial charge on any atom is 0.494 e. The molecular weight excluding hydrogens is 367 g/mol. The van der Waals surface area contributed by atoms with Crippen LogP contribution in [0, 0.1) is 0 Å². The molecular formula is C18H27BN2O5S. The van der Waals surface area contributed by atoms with Crippen LogP contribution in [0.3, 0.4) is 0 Å². The fraction of sp³-hybridized carbons (Fsp3) is 0.611. The zero-order chi connectivity index (χ0) is 20.2. The summed E-state index contributed by atoms with van der Waals surface area (Å²) in [4.78, 5) is 13.9. The van der Waals surface area contributed by atoms with Crippen LogP contribution in [0.1, 0.15) is 50.9 Å². The number of nitrogens with one attached hydrogen (secondary N) is 1. The smallest absolute Gasteiger partial charge is 0.399 e. The topological polar surface area (TPSA) is 84.9 Å². The molecule has 1 saturated heterocycles. The third kappa shape index (κ3) is 4.00. The molecule has 0 bridgehead atoms. The van der Waals surface area contributed by atoms with E-state index < -0.39 is 28.3 Å². The van der Waals surface area contributed by atoms with E-state index in [-0.39, 0.29) is 11.2 Å². The monoisotopic (exact) mass is 394 g/mol. The van der Waals surface area contributed by atoms with Gasteiger partial charge in [-0.05, 0) is 64.2 Å². The van der Waals surface area contributed by atoms with Gasteiger partial charge in [-0.25, -0.2) is 8.42 Å². The summed E-state index contributed by atoms with van der Waals surface area (Å²) >= 11 is 0. The number of benzene rings is 1. The number of hydrogen-bond acceptors (Lipinski definition) is 5. The van der Waals surface area contributed by atoms with Gasteiger partial charge in [0.05, 0.1) is 16.5 Å². The van der Waals surface area contributed by atoms with Gasteiger partial charge in [-0.1, -0.05) is 0 Å². The lowest BCUT2D eigenvalue weighted by molar-refractivity contribution is 0.00578. The molecule has 2 aliphatic rings. The van der Waals surface area contributed by atoms with Crippen molar-refractivity contribution in [1.82, 2.24) is 4.90 Å². The Morgan fingerprint density at radius 3 is 2.15 bits per heavy atom. The molecule has 0 atom stereocenters. The molecule has 0 spiro atoms. The number of rotatable bonds is 5. The van der Waals surface area contributed by atoms with Crippen molar-refractivity contribution in [1.29, 1.82) is 0 Å². The van der Waals surface area contributed by atoms with Gasteiger partial charge in [0.15, 0.2) is 0 Å². The lowest BCUT2D eigenvalue weighted by atomic mass is 9.78. The molecule has 0 aromatic heterocycles. The lowest BCUT2D eigenvalue weighted by Crippen LogP contribution is -2.41. The second kappa shape index (κ2) is 6.50. The number of hydrogen-bond donors (Lipinski definition) is 1. The summed E-state index contributed by atoms with van der Waals surface area (Å²) in [5, 5.41) is -0.356. The van der Waals surface area contributed by atoms with Crippen molar-refractivity contribution in [2.75, 3.05) is 18.8 Å². The molecule has 0 radical (unpaired) electrons. The summed E-state index contributed by atoms with van der Waals surface area (Å²) in [5.74, 6) is -0.222. The molecule has 27 heavy (non-hydrogen) atoms. The Hall–Kier alpha value is -1.58. The molecule has 1 N–H and O–H groups in total. The van der Waals surface area contributed by atoms with Crippen LogP contribution in [0.5, 0.6) is 0 Å². The summed E-state index contributed by atoms with van der Waals surface area (Å²) in [7, 11) is -0.830. The van der Waals surface area contributed by atoms with Crippen molar-refractivity contribution < 1.29 is 22.5 Å². The van der Waals surface area contributed by atoms with E-state index in [9.17, 15) is 13.2 Å². The van der Waals surface area contributed by atoms with Crippen molar-refractivity contribution >= 4 is 34.2 Å². The van der Waals surface area contributed by atoms with E-state index in [1.165, 1.54) is 4.90 Å². The second-order valence-electron chi connectivity index (χ2n) is 8.48. The third-order valence-corrected chi connectivity index (χ3v) is 7.23. The number of anilines is 1. The Bertz CT molecular complexity index is 847. The van der Waals surface area contributed by atoms with Gasteiger partial charge in [0.2, 0.25) is 10.0 Å². The van der Waals surface area contributed by atoms with E-state index in [0.717, 1.165) is 0 Å². The minimum Gasteiger partial charge on any atom is -0.399 e. The van der Waals surface area contributed by atoms with Gasteiger partial charge in [0, 0.05) is 25.3 Å². The number of amides is 1. The van der Waals surface area contributed by atoms with Crippen LogP contribution in [0.4, 0.5) is 5.69 Å². The Labute approximate surface area is 161 Å². The quantitative estimate of drug-likeness (QED) is 0.767. The highest BCUT2D eigenvalue weighted by molar-refractivity contribution is 7.93. The average Bonchev–Trinajstić information content (AvgIpc) is 3.34. The zero-order valence-electron chi connectivity index (χ0n) is 16.7. The van der Waals surface area contributed by atoms with Crippen LogP contribution < -0.4 is 10.2 Å². The molecule has 1 saturated carbocycles. The molecule has 1 aromatic carbocycles. The van der Waals surface area contributed by atoms with Gasteiger partial charge in [0.1, 0.15) is 0 Å². The van der Waals surface area contributed by atoms with Crippen molar-refractivity contribution in [3.8, 4) is 0 Å². The van der Waals surface area contributed by atoms with Crippen LogP contribution >= 0.6 is 0 Å².